The molecule has 31 heavy (non-hydrogen) atoms. The van der Waals surface area contributed by atoms with Crippen molar-refractivity contribution in [2.75, 3.05) is 18.4 Å². The molecule has 0 radical (unpaired) electrons. The largest absolute Gasteiger partial charge is 0.391 e. The summed E-state index contributed by atoms with van der Waals surface area (Å²) >= 11 is 0. The number of aliphatic hydroxyl groups excluding tert-OH is 1. The maximum Gasteiger partial charge on any atom is 0.253 e. The number of nitrogens with zero attached hydrogens (tertiary/aromatic N) is 3. The van der Waals surface area contributed by atoms with Crippen molar-refractivity contribution < 1.29 is 19.1 Å². The molecule has 2 fully saturated rings. The second kappa shape index (κ2) is 8.97. The summed E-state index contributed by atoms with van der Waals surface area (Å²) in [4.78, 5) is 34.0. The molecule has 4 rings (SSSR count). The molecule has 1 saturated heterocycles. The molecule has 1 aromatic carbocycles. The van der Waals surface area contributed by atoms with Crippen LogP contribution in [0.1, 0.15) is 42.5 Å². The van der Waals surface area contributed by atoms with E-state index in [4.69, 9.17) is 5.73 Å². The third kappa shape index (κ3) is 4.82. The summed E-state index contributed by atoms with van der Waals surface area (Å²) in [7, 11) is 0. The standard InChI is InChI=1S/C22H26FN5O3/c23-18-11-25-22(26-16-6-4-13(5-7-16)20(24)30)27-19(18)14-2-1-3-15(10-14)21(31)28-9-8-17(29)12-28/h1-3,10-11,13,16-17,29H,4-9,12H2,(H2,24,30)(H,25,26,27)/t13-,16-,17-/m0/s1. The summed E-state index contributed by atoms with van der Waals surface area (Å²) in [5, 5.41) is 12.9. The van der Waals surface area contributed by atoms with Gasteiger partial charge in [0, 0.05) is 36.2 Å². The number of β-amino-alcohol motifs (C(OH)–C–C–N with tert-alkyl or cyclic N) is 1. The van der Waals surface area contributed by atoms with Crippen LogP contribution in [-0.4, -0.2) is 57.0 Å². The number of hydrogen-bond donors (Lipinski definition) is 3. The third-order valence-corrected chi connectivity index (χ3v) is 6.04. The summed E-state index contributed by atoms with van der Waals surface area (Å²) in [6, 6.07) is 6.76. The molecular formula is C22H26FN5O3. The highest BCUT2D eigenvalue weighted by Gasteiger charge is 2.27. The van der Waals surface area contributed by atoms with Crippen LogP contribution in [0.2, 0.25) is 0 Å². The summed E-state index contributed by atoms with van der Waals surface area (Å²) in [5.41, 5.74) is 6.39. The minimum Gasteiger partial charge on any atom is -0.391 e. The highest BCUT2D eigenvalue weighted by Crippen LogP contribution is 2.27. The summed E-state index contributed by atoms with van der Waals surface area (Å²) < 4.78 is 14.5. The Bertz CT molecular complexity index is 977. The molecule has 2 aromatic rings. The number of amides is 2. The first-order valence-corrected chi connectivity index (χ1v) is 10.6. The van der Waals surface area contributed by atoms with Gasteiger partial charge >= 0.3 is 0 Å². The van der Waals surface area contributed by atoms with E-state index < -0.39 is 11.9 Å². The molecule has 8 nitrogen and oxygen atoms in total. The van der Waals surface area contributed by atoms with Gasteiger partial charge in [0.1, 0.15) is 5.69 Å². The fourth-order valence-electron chi connectivity index (χ4n) is 4.25. The van der Waals surface area contributed by atoms with Crippen LogP contribution < -0.4 is 11.1 Å². The molecule has 2 amide bonds. The molecular weight excluding hydrogens is 401 g/mol. The van der Waals surface area contributed by atoms with Crippen LogP contribution >= 0.6 is 0 Å². The van der Waals surface area contributed by atoms with Crippen LogP contribution in [0.3, 0.4) is 0 Å². The van der Waals surface area contributed by atoms with E-state index in [1.165, 1.54) is 0 Å². The van der Waals surface area contributed by atoms with Gasteiger partial charge in [-0.05, 0) is 44.2 Å². The van der Waals surface area contributed by atoms with Crippen LogP contribution in [0.25, 0.3) is 11.3 Å². The van der Waals surface area contributed by atoms with Crippen LogP contribution in [0.15, 0.2) is 30.5 Å². The fraction of sp³-hybridized carbons (Fsp3) is 0.455. The van der Waals surface area contributed by atoms with Gasteiger partial charge in [-0.1, -0.05) is 12.1 Å². The van der Waals surface area contributed by atoms with Crippen molar-refractivity contribution >= 4 is 17.8 Å². The van der Waals surface area contributed by atoms with Crippen LogP contribution in [0.5, 0.6) is 0 Å². The van der Waals surface area contributed by atoms with Crippen molar-refractivity contribution in [3.8, 4) is 11.3 Å². The van der Waals surface area contributed by atoms with E-state index in [2.05, 4.69) is 15.3 Å². The first kappa shape index (κ1) is 21.2. The monoisotopic (exact) mass is 427 g/mol. The van der Waals surface area contributed by atoms with Crippen molar-refractivity contribution in [1.82, 2.24) is 14.9 Å². The molecule has 0 unspecified atom stereocenters. The van der Waals surface area contributed by atoms with Gasteiger partial charge in [-0.2, -0.15) is 0 Å². The number of hydrogen-bond acceptors (Lipinski definition) is 6. The molecule has 2 heterocycles. The van der Waals surface area contributed by atoms with Gasteiger partial charge < -0.3 is 21.1 Å². The van der Waals surface area contributed by atoms with E-state index in [0.717, 1.165) is 19.0 Å². The Morgan fingerprint density at radius 2 is 1.97 bits per heavy atom. The summed E-state index contributed by atoms with van der Waals surface area (Å²) in [5.74, 6) is -0.837. The second-order valence-electron chi connectivity index (χ2n) is 8.26. The van der Waals surface area contributed by atoms with Gasteiger partial charge in [0.15, 0.2) is 5.82 Å². The molecule has 0 bridgehead atoms. The molecule has 1 aliphatic carbocycles. The number of nitrogens with one attached hydrogen (secondary N) is 1. The molecule has 164 valence electrons. The van der Waals surface area contributed by atoms with E-state index in [-0.39, 0.29) is 29.5 Å². The lowest BCUT2D eigenvalue weighted by atomic mass is 9.86. The highest BCUT2D eigenvalue weighted by atomic mass is 19.1. The smallest absolute Gasteiger partial charge is 0.253 e. The first-order valence-electron chi connectivity index (χ1n) is 10.6. The van der Waals surface area contributed by atoms with Crippen molar-refractivity contribution in [3.05, 3.63) is 41.8 Å². The minimum absolute atomic E-state index is 0.0865. The third-order valence-electron chi connectivity index (χ3n) is 6.04. The fourth-order valence-corrected chi connectivity index (χ4v) is 4.25. The number of primary amides is 1. The summed E-state index contributed by atoms with van der Waals surface area (Å²) in [6.07, 6.45) is 4.10. The van der Waals surface area contributed by atoms with Crippen molar-refractivity contribution in [2.24, 2.45) is 11.7 Å². The average molecular weight is 427 g/mol. The van der Waals surface area contributed by atoms with Crippen molar-refractivity contribution in [1.29, 1.82) is 0 Å². The Morgan fingerprint density at radius 3 is 2.65 bits per heavy atom. The van der Waals surface area contributed by atoms with Crippen molar-refractivity contribution in [3.63, 3.8) is 0 Å². The lowest BCUT2D eigenvalue weighted by molar-refractivity contribution is -0.122. The van der Waals surface area contributed by atoms with Gasteiger partial charge in [0.25, 0.3) is 5.91 Å². The number of aromatic nitrogens is 2. The molecule has 1 aliphatic heterocycles. The zero-order chi connectivity index (χ0) is 22.0. The lowest BCUT2D eigenvalue weighted by Crippen LogP contribution is -2.32. The van der Waals surface area contributed by atoms with Gasteiger partial charge in [0.05, 0.1) is 12.3 Å². The maximum absolute atomic E-state index is 14.5. The molecule has 0 spiro atoms. The van der Waals surface area contributed by atoms with E-state index in [1.54, 1.807) is 29.2 Å². The Labute approximate surface area is 179 Å². The molecule has 1 atom stereocenters. The number of rotatable bonds is 5. The first-order chi connectivity index (χ1) is 14.9. The van der Waals surface area contributed by atoms with Gasteiger partial charge in [-0.3, -0.25) is 9.59 Å². The molecule has 1 saturated carbocycles. The van der Waals surface area contributed by atoms with E-state index in [1.807, 2.05) is 0 Å². The number of carbonyl (C=O) groups is 2. The minimum atomic E-state index is -0.579. The van der Waals surface area contributed by atoms with Gasteiger partial charge in [-0.15, -0.1) is 0 Å². The van der Waals surface area contributed by atoms with Gasteiger partial charge in [-0.25, -0.2) is 14.4 Å². The zero-order valence-corrected chi connectivity index (χ0v) is 17.1. The predicted octanol–water partition coefficient (Wildman–Crippen LogP) is 1.95. The molecule has 9 heteroatoms. The number of nitrogens with two attached hydrogens (primary N) is 1. The van der Waals surface area contributed by atoms with Crippen LogP contribution in [-0.2, 0) is 4.79 Å². The maximum atomic E-state index is 14.5. The second-order valence-corrected chi connectivity index (χ2v) is 8.26. The topological polar surface area (TPSA) is 121 Å². The number of benzene rings is 1. The van der Waals surface area contributed by atoms with E-state index >= 15 is 0 Å². The Kier molecular flexibility index (Phi) is 6.13. The Morgan fingerprint density at radius 1 is 1.19 bits per heavy atom. The van der Waals surface area contributed by atoms with Crippen molar-refractivity contribution in [2.45, 2.75) is 44.2 Å². The number of aliphatic hydroxyl groups is 1. The van der Waals surface area contributed by atoms with E-state index in [9.17, 15) is 19.1 Å². The lowest BCUT2D eigenvalue weighted by Gasteiger charge is -2.27. The number of halogens is 1. The predicted molar refractivity (Wildman–Crippen MR) is 113 cm³/mol. The molecule has 2 aliphatic rings. The Balaban J connectivity index is 1.50. The number of likely N-dealkylation sites (tertiary alicyclic amines) is 1. The Hall–Kier alpha value is -3.07. The zero-order valence-electron chi connectivity index (χ0n) is 17.1. The van der Waals surface area contributed by atoms with Gasteiger partial charge in [0.2, 0.25) is 11.9 Å². The normalized spacial score (nSPS) is 23.5. The number of carbonyl (C=O) groups excluding carboxylic acids is 2. The quantitative estimate of drug-likeness (QED) is 0.671. The summed E-state index contributed by atoms with van der Waals surface area (Å²) in [6.45, 7) is 0.801. The van der Waals surface area contributed by atoms with E-state index in [0.29, 0.717) is 49.4 Å². The molecule has 4 N–H and O–H groups in total. The highest BCUT2D eigenvalue weighted by molar-refractivity contribution is 5.95. The average Bonchev–Trinajstić information content (AvgIpc) is 3.21. The van der Waals surface area contributed by atoms with Crippen LogP contribution in [0, 0.1) is 11.7 Å². The number of anilines is 1. The SMILES string of the molecule is NC(=O)[C@H]1CC[C@H](Nc2ncc(F)c(-c3cccc(C(=O)N4CC[C@H](O)C4)c3)n2)CC1. The molecule has 1 aromatic heterocycles. The van der Waals surface area contributed by atoms with Crippen LogP contribution in [0.4, 0.5) is 10.3 Å².